The highest BCUT2D eigenvalue weighted by Gasteiger charge is 2.35. The van der Waals surface area contributed by atoms with E-state index in [1.165, 1.54) is 6.07 Å². The number of carbonyl (C=O) groups is 1. The third-order valence-corrected chi connectivity index (χ3v) is 2.86. The van der Waals surface area contributed by atoms with Crippen molar-refractivity contribution in [3.05, 3.63) is 53.2 Å². The summed E-state index contributed by atoms with van der Waals surface area (Å²) in [6, 6.07) is 8.56. The summed E-state index contributed by atoms with van der Waals surface area (Å²) in [5.74, 6) is -0.276. The average Bonchev–Trinajstić information content (AvgIpc) is 2.63. The number of alkyl halides is 3. The number of nitrogens with zero attached hydrogens (tertiary/aromatic N) is 1. The standard InChI is InChI=1S/C13H6F3NO/c14-13(15,16)10-6-5-9-11(17-10)7-3-1-2-4-8(7)12(9)18/h1-6H. The molecule has 0 spiro atoms. The van der Waals surface area contributed by atoms with E-state index in [-0.39, 0.29) is 17.0 Å². The zero-order valence-corrected chi connectivity index (χ0v) is 8.95. The third-order valence-electron chi connectivity index (χ3n) is 2.86. The molecule has 1 aromatic carbocycles. The van der Waals surface area contributed by atoms with E-state index in [0.29, 0.717) is 11.1 Å². The molecule has 0 saturated heterocycles. The molecule has 2 aromatic rings. The highest BCUT2D eigenvalue weighted by molar-refractivity contribution is 6.20. The number of ketones is 1. The van der Waals surface area contributed by atoms with Crippen LogP contribution in [0.15, 0.2) is 36.4 Å². The van der Waals surface area contributed by atoms with E-state index in [1.807, 2.05) is 0 Å². The first-order valence-electron chi connectivity index (χ1n) is 5.21. The molecule has 0 atom stereocenters. The van der Waals surface area contributed by atoms with Crippen LogP contribution < -0.4 is 0 Å². The van der Waals surface area contributed by atoms with Gasteiger partial charge in [0.05, 0.1) is 5.69 Å². The van der Waals surface area contributed by atoms with Gasteiger partial charge in [0.2, 0.25) is 0 Å². The summed E-state index contributed by atoms with van der Waals surface area (Å²) in [5.41, 5.74) is 0.225. The van der Waals surface area contributed by atoms with E-state index in [2.05, 4.69) is 4.98 Å². The fourth-order valence-corrected chi connectivity index (χ4v) is 2.04. The first-order chi connectivity index (χ1) is 8.48. The van der Waals surface area contributed by atoms with Gasteiger partial charge in [-0.1, -0.05) is 24.3 Å². The average molecular weight is 249 g/mol. The smallest absolute Gasteiger partial charge is 0.289 e. The maximum atomic E-state index is 12.6. The van der Waals surface area contributed by atoms with Crippen LogP contribution in [0.25, 0.3) is 11.3 Å². The lowest BCUT2D eigenvalue weighted by atomic mass is 10.1. The van der Waals surface area contributed by atoms with Crippen molar-refractivity contribution in [3.8, 4) is 11.3 Å². The molecule has 1 heterocycles. The topological polar surface area (TPSA) is 30.0 Å². The lowest BCUT2D eigenvalue weighted by molar-refractivity contribution is -0.141. The van der Waals surface area contributed by atoms with Crippen LogP contribution in [-0.2, 0) is 6.18 Å². The second-order valence-corrected chi connectivity index (χ2v) is 3.97. The van der Waals surface area contributed by atoms with Gasteiger partial charge >= 0.3 is 6.18 Å². The highest BCUT2D eigenvalue weighted by Crippen LogP contribution is 2.37. The monoisotopic (exact) mass is 249 g/mol. The summed E-state index contributed by atoms with van der Waals surface area (Å²) in [5, 5.41) is 0. The molecule has 1 aromatic heterocycles. The Morgan fingerprint density at radius 3 is 2.22 bits per heavy atom. The molecule has 0 bridgehead atoms. The number of hydrogen-bond donors (Lipinski definition) is 0. The zero-order valence-electron chi connectivity index (χ0n) is 8.95. The van der Waals surface area contributed by atoms with Crippen molar-refractivity contribution in [1.82, 2.24) is 4.98 Å². The summed E-state index contributed by atoms with van der Waals surface area (Å²) < 4.78 is 37.7. The van der Waals surface area contributed by atoms with Gasteiger partial charge in [0.25, 0.3) is 0 Å². The molecular formula is C13H6F3NO. The fraction of sp³-hybridized carbons (Fsp3) is 0.0769. The van der Waals surface area contributed by atoms with Crippen LogP contribution in [0.2, 0.25) is 0 Å². The van der Waals surface area contributed by atoms with Gasteiger partial charge in [-0.25, -0.2) is 4.98 Å². The number of fused-ring (bicyclic) bond motifs is 3. The van der Waals surface area contributed by atoms with Crippen molar-refractivity contribution >= 4 is 5.78 Å². The van der Waals surface area contributed by atoms with Crippen LogP contribution in [0, 0.1) is 0 Å². The quantitative estimate of drug-likeness (QED) is 0.611. The van der Waals surface area contributed by atoms with Crippen molar-refractivity contribution in [2.75, 3.05) is 0 Å². The molecule has 90 valence electrons. The zero-order chi connectivity index (χ0) is 12.9. The van der Waals surface area contributed by atoms with E-state index in [1.54, 1.807) is 24.3 Å². The maximum Gasteiger partial charge on any atom is 0.433 e. The van der Waals surface area contributed by atoms with E-state index < -0.39 is 11.9 Å². The van der Waals surface area contributed by atoms with E-state index in [4.69, 9.17) is 0 Å². The number of benzene rings is 1. The van der Waals surface area contributed by atoms with Crippen LogP contribution in [-0.4, -0.2) is 10.8 Å². The van der Waals surface area contributed by atoms with Gasteiger partial charge in [0, 0.05) is 16.7 Å². The summed E-state index contributed by atoms with van der Waals surface area (Å²) in [6.07, 6.45) is -4.50. The second kappa shape index (κ2) is 3.41. The largest absolute Gasteiger partial charge is 0.433 e. The molecule has 2 nitrogen and oxygen atoms in total. The predicted octanol–water partition coefficient (Wildman–Crippen LogP) is 3.31. The van der Waals surface area contributed by atoms with Crippen molar-refractivity contribution in [3.63, 3.8) is 0 Å². The Morgan fingerprint density at radius 1 is 0.889 bits per heavy atom. The SMILES string of the molecule is O=C1c2ccccc2-c2nc(C(F)(F)F)ccc21. The van der Waals surface area contributed by atoms with E-state index in [9.17, 15) is 18.0 Å². The van der Waals surface area contributed by atoms with E-state index >= 15 is 0 Å². The molecule has 0 radical (unpaired) electrons. The molecule has 1 aliphatic rings. The third kappa shape index (κ3) is 1.44. The molecule has 1 aliphatic carbocycles. The van der Waals surface area contributed by atoms with Crippen molar-refractivity contribution in [2.24, 2.45) is 0 Å². The van der Waals surface area contributed by atoms with Gasteiger partial charge < -0.3 is 0 Å². The Balaban J connectivity index is 2.26. The van der Waals surface area contributed by atoms with Crippen molar-refractivity contribution in [2.45, 2.75) is 6.18 Å². The lowest BCUT2D eigenvalue weighted by Gasteiger charge is -2.07. The van der Waals surface area contributed by atoms with Gasteiger partial charge in [-0.2, -0.15) is 13.2 Å². The Labute approximate surface area is 100 Å². The van der Waals surface area contributed by atoms with Crippen LogP contribution >= 0.6 is 0 Å². The molecule has 5 heteroatoms. The van der Waals surface area contributed by atoms with Crippen molar-refractivity contribution in [1.29, 1.82) is 0 Å². The molecule has 18 heavy (non-hydrogen) atoms. The van der Waals surface area contributed by atoms with E-state index in [0.717, 1.165) is 6.07 Å². The molecule has 3 rings (SSSR count). The maximum absolute atomic E-state index is 12.6. The molecule has 0 amide bonds. The first kappa shape index (κ1) is 11.0. The molecule has 0 aliphatic heterocycles. The molecule has 0 saturated carbocycles. The summed E-state index contributed by atoms with van der Waals surface area (Å²) in [7, 11) is 0. The number of aromatic nitrogens is 1. The molecular weight excluding hydrogens is 243 g/mol. The summed E-state index contributed by atoms with van der Waals surface area (Å²) in [6.45, 7) is 0. The van der Waals surface area contributed by atoms with Crippen molar-refractivity contribution < 1.29 is 18.0 Å². The van der Waals surface area contributed by atoms with Crippen LogP contribution in [0.5, 0.6) is 0 Å². The van der Waals surface area contributed by atoms with Crippen LogP contribution in [0.3, 0.4) is 0 Å². The highest BCUT2D eigenvalue weighted by atomic mass is 19.4. The summed E-state index contributed by atoms with van der Waals surface area (Å²) >= 11 is 0. The Bertz CT molecular complexity index is 662. The lowest BCUT2D eigenvalue weighted by Crippen LogP contribution is -2.09. The van der Waals surface area contributed by atoms with Crippen LogP contribution in [0.1, 0.15) is 21.6 Å². The predicted molar refractivity (Wildman–Crippen MR) is 58.1 cm³/mol. The minimum Gasteiger partial charge on any atom is -0.289 e. The minimum atomic E-state index is -4.50. The second-order valence-electron chi connectivity index (χ2n) is 3.97. The normalized spacial score (nSPS) is 13.4. The van der Waals surface area contributed by atoms with Gasteiger partial charge in [0.15, 0.2) is 5.78 Å². The Hall–Kier alpha value is -2.17. The van der Waals surface area contributed by atoms with Gasteiger partial charge in [-0.3, -0.25) is 4.79 Å². The van der Waals surface area contributed by atoms with Crippen LogP contribution in [0.4, 0.5) is 13.2 Å². The number of carbonyl (C=O) groups excluding carboxylic acids is 1. The number of rotatable bonds is 0. The Kier molecular flexibility index (Phi) is 2.08. The van der Waals surface area contributed by atoms with Gasteiger partial charge in [-0.05, 0) is 12.1 Å². The fourth-order valence-electron chi connectivity index (χ4n) is 2.04. The number of halogens is 3. The molecule has 0 fully saturated rings. The minimum absolute atomic E-state index is 0.116. The molecule has 0 N–H and O–H groups in total. The molecule has 0 unspecified atom stereocenters. The Morgan fingerprint density at radius 2 is 1.56 bits per heavy atom. The summed E-state index contributed by atoms with van der Waals surface area (Å²) in [4.78, 5) is 15.5. The van der Waals surface area contributed by atoms with Gasteiger partial charge in [0.1, 0.15) is 5.69 Å². The van der Waals surface area contributed by atoms with Gasteiger partial charge in [-0.15, -0.1) is 0 Å². The number of pyridine rings is 1. The number of hydrogen-bond acceptors (Lipinski definition) is 2. The first-order valence-corrected chi connectivity index (χ1v) is 5.21.